The monoisotopic (exact) mass is 552 g/mol. The van der Waals surface area contributed by atoms with Crippen LogP contribution < -0.4 is 118 Å². The van der Waals surface area contributed by atoms with Gasteiger partial charge in [0.25, 0.3) is 0 Å². The molecule has 4 rings (SSSR count). The van der Waals surface area contributed by atoms with Crippen LogP contribution in [-0.2, 0) is 27.2 Å². The summed E-state index contributed by atoms with van der Waals surface area (Å²) in [6.07, 6.45) is 0.982. The van der Waals surface area contributed by atoms with Crippen molar-refractivity contribution in [2.75, 3.05) is 0 Å². The van der Waals surface area contributed by atoms with Gasteiger partial charge in [-0.3, -0.25) is 16.8 Å². The second-order valence-electron chi connectivity index (χ2n) is 6.36. The summed E-state index contributed by atoms with van der Waals surface area (Å²) in [5, 5.41) is 5.24. The summed E-state index contributed by atoms with van der Waals surface area (Å²) in [5.41, 5.74) is 2.73. The summed E-state index contributed by atoms with van der Waals surface area (Å²) in [4.78, 5) is 0. The van der Waals surface area contributed by atoms with Crippen molar-refractivity contribution < 1.29 is 153 Å². The molecule has 0 aliphatic carbocycles. The zero-order valence-corrected chi connectivity index (χ0v) is 29.5. The quantitative estimate of drug-likeness (QED) is 0.135. The Balaban J connectivity index is -0.000000634. The van der Waals surface area contributed by atoms with Crippen LogP contribution in [0.15, 0.2) is 84.9 Å². The van der Waals surface area contributed by atoms with Crippen LogP contribution in [0.5, 0.6) is 0 Å². The Morgan fingerprint density at radius 1 is 0.457 bits per heavy atom. The minimum atomic E-state index is -5.17. The van der Waals surface area contributed by atoms with E-state index in [0.717, 1.165) is 6.42 Å². The molecule has 0 fully saturated rings. The van der Waals surface area contributed by atoms with Gasteiger partial charge in [-0.05, 0) is 39.1 Å². The predicted octanol–water partition coefficient (Wildman–Crippen LogP) is -9.08. The summed E-state index contributed by atoms with van der Waals surface area (Å²) in [6.45, 7) is 0. The summed E-state index contributed by atoms with van der Waals surface area (Å²) >= 11 is 0. The number of benzene rings is 4. The third-order valence-corrected chi connectivity index (χ3v) is 4.04. The maximum absolute atomic E-state index is 8.52. The number of hydrogen-bond acceptors (Lipinski definition) is 8. The van der Waals surface area contributed by atoms with Gasteiger partial charge in [0, 0.05) is 20.8 Å². The van der Waals surface area contributed by atoms with Crippen LogP contribution in [0.2, 0.25) is 0 Å². The van der Waals surface area contributed by atoms with Gasteiger partial charge in [0.15, 0.2) is 0 Å². The summed E-state index contributed by atoms with van der Waals surface area (Å²) in [5.74, 6) is 0. The van der Waals surface area contributed by atoms with Gasteiger partial charge in [-0.25, -0.2) is 0 Å². The second-order valence-corrected chi connectivity index (χ2v) is 7.99. The molecule has 8 nitrogen and oxygen atoms in total. The molecule has 0 saturated heterocycles. The largest absolute Gasteiger partial charge is 1.00 e. The number of hydrogen-bond donors (Lipinski definition) is 0. The molecule has 0 amide bonds. The fourth-order valence-corrected chi connectivity index (χ4v) is 2.93. The van der Waals surface area contributed by atoms with Crippen LogP contribution in [-0.4, -0.2) is 35.0 Å². The third kappa shape index (κ3) is 18.9. The zero-order chi connectivity index (χ0) is 23.1. The van der Waals surface area contributed by atoms with Crippen LogP contribution in [0.4, 0.5) is 0 Å². The molecule has 4 aromatic carbocycles. The summed E-state index contributed by atoms with van der Waals surface area (Å²) in [7, 11) is -10.3. The normalized spacial score (nSPS) is 9.94. The molecule has 0 aromatic heterocycles. The average molecular weight is 552 g/mol. The van der Waals surface area contributed by atoms with E-state index in [0.29, 0.717) is 0 Å². The Labute approximate surface area is 293 Å². The zero-order valence-electron chi connectivity index (χ0n) is 19.9. The second kappa shape index (κ2) is 19.2. The van der Waals surface area contributed by atoms with Crippen molar-refractivity contribution in [1.82, 2.24) is 0 Å². The first-order chi connectivity index (χ1) is 14.4. The maximum atomic E-state index is 8.52. The van der Waals surface area contributed by atoms with Gasteiger partial charge in [-0.15, -0.1) is 0 Å². The van der Waals surface area contributed by atoms with Gasteiger partial charge in [0.05, 0.1) is 0 Å². The Kier molecular flexibility index (Phi) is 22.3. The van der Waals surface area contributed by atoms with Gasteiger partial charge in [0.1, 0.15) is 0 Å². The van der Waals surface area contributed by atoms with E-state index in [2.05, 4.69) is 84.9 Å². The minimum absolute atomic E-state index is 0. The molecule has 0 atom stereocenters. The molecule has 164 valence electrons. The minimum Gasteiger partial charge on any atom is -0.759 e. The van der Waals surface area contributed by atoms with Gasteiger partial charge in [-0.1, -0.05) is 84.9 Å². The van der Waals surface area contributed by atoms with Crippen molar-refractivity contribution in [2.45, 2.75) is 6.42 Å². The van der Waals surface area contributed by atoms with Gasteiger partial charge in [-0.2, -0.15) is 0 Å². The molecule has 0 heterocycles. The first kappa shape index (κ1) is 40.6. The van der Waals surface area contributed by atoms with Crippen LogP contribution >= 0.6 is 0 Å². The van der Waals surface area contributed by atoms with Gasteiger partial charge >= 0.3 is 118 Å². The Hall–Kier alpha value is 1.14. The molecule has 14 heteroatoms. The van der Waals surface area contributed by atoms with Crippen LogP contribution in [0.3, 0.4) is 0 Å². The van der Waals surface area contributed by atoms with Crippen molar-refractivity contribution in [1.29, 1.82) is 0 Å². The summed E-state index contributed by atoms with van der Waals surface area (Å²) < 4.78 is 68.2. The van der Waals surface area contributed by atoms with Crippen molar-refractivity contribution >= 4 is 42.3 Å². The molecule has 4 aromatic rings. The Bertz CT molecular complexity index is 1280. The van der Waals surface area contributed by atoms with Crippen molar-refractivity contribution in [3.05, 3.63) is 96.1 Å². The molecule has 0 spiro atoms. The molecule has 0 saturated carbocycles. The molecular weight excluding hydrogens is 536 g/mol. The fraction of sp³-hybridized carbons (Fsp3) is 0.0476. The topological polar surface area (TPSA) is 161 Å². The van der Waals surface area contributed by atoms with Gasteiger partial charge < -0.3 is 18.2 Å². The van der Waals surface area contributed by atoms with E-state index in [1.165, 1.54) is 32.7 Å². The Morgan fingerprint density at radius 3 is 1.00 bits per heavy atom. The molecular formula is C21H16Na4O8S2. The first-order valence-corrected chi connectivity index (χ1v) is 11.3. The SMILES string of the molecule is O=S(=O)([O-])[O-].O=S(=O)([O-])[O-].[Na+].[Na+].[Na+].[Na+].c1ccc2cc(Cc3ccc4ccccc4c3)ccc2c1. The first-order valence-electron chi connectivity index (χ1n) is 8.67. The molecule has 0 N–H and O–H groups in total. The van der Waals surface area contributed by atoms with E-state index in [1.807, 2.05) is 0 Å². The van der Waals surface area contributed by atoms with E-state index in [4.69, 9.17) is 35.0 Å². The van der Waals surface area contributed by atoms with E-state index in [9.17, 15) is 0 Å². The number of rotatable bonds is 2. The number of fused-ring (bicyclic) bond motifs is 2. The van der Waals surface area contributed by atoms with E-state index in [-0.39, 0.29) is 118 Å². The van der Waals surface area contributed by atoms with Crippen LogP contribution in [0.1, 0.15) is 11.1 Å². The molecule has 0 aliphatic heterocycles. The third-order valence-electron chi connectivity index (χ3n) is 4.04. The predicted molar refractivity (Wildman–Crippen MR) is 112 cm³/mol. The molecule has 0 aliphatic rings. The average Bonchev–Trinajstić information content (AvgIpc) is 2.65. The van der Waals surface area contributed by atoms with Crippen molar-refractivity contribution in [2.24, 2.45) is 0 Å². The molecule has 0 bridgehead atoms. The van der Waals surface area contributed by atoms with E-state index >= 15 is 0 Å². The molecule has 35 heavy (non-hydrogen) atoms. The van der Waals surface area contributed by atoms with Crippen molar-refractivity contribution in [3.63, 3.8) is 0 Å². The van der Waals surface area contributed by atoms with Crippen molar-refractivity contribution in [3.8, 4) is 0 Å². The Morgan fingerprint density at radius 2 is 0.714 bits per heavy atom. The van der Waals surface area contributed by atoms with Gasteiger partial charge in [0.2, 0.25) is 0 Å². The molecule has 0 unspecified atom stereocenters. The van der Waals surface area contributed by atoms with E-state index < -0.39 is 20.8 Å². The standard InChI is InChI=1S/C21H16.4Na.2H2O4S/c1-3-7-20-14-16(9-11-18(20)5-1)13-17-10-12-19-6-2-4-8-21(19)15-17;;;;;2*1-5(2,3)4/h1-12,14-15H,13H2;;;;;2*(H2,1,2,3,4)/q;4*+1;;/p-4. The van der Waals surface area contributed by atoms with Crippen LogP contribution in [0.25, 0.3) is 21.5 Å². The summed E-state index contributed by atoms with van der Waals surface area (Å²) in [6, 6.07) is 30.5. The fourth-order valence-electron chi connectivity index (χ4n) is 2.93. The molecule has 0 radical (unpaired) electrons. The maximum Gasteiger partial charge on any atom is 1.00 e. The van der Waals surface area contributed by atoms with Crippen LogP contribution in [0, 0.1) is 0 Å². The van der Waals surface area contributed by atoms with E-state index in [1.54, 1.807) is 0 Å². The smallest absolute Gasteiger partial charge is 0.759 e.